The zero-order valence-electron chi connectivity index (χ0n) is 29.3. The Hall–Kier alpha value is -3.05. The number of alkyl carbamates (subject to hydrolysis) is 1. The second-order valence-electron chi connectivity index (χ2n) is 16.5. The molecule has 0 radical (unpaired) electrons. The summed E-state index contributed by atoms with van der Waals surface area (Å²) in [6, 6.07) is -1.31. The normalized spacial score (nSPS) is 35.4. The van der Waals surface area contributed by atoms with Crippen LogP contribution in [0.3, 0.4) is 0 Å². The van der Waals surface area contributed by atoms with E-state index in [9.17, 15) is 34.2 Å². The van der Waals surface area contributed by atoms with Crippen molar-refractivity contribution < 1.29 is 48.4 Å². The number of esters is 2. The van der Waals surface area contributed by atoms with Crippen LogP contribution in [0.5, 0.6) is 0 Å². The second-order valence-corrected chi connectivity index (χ2v) is 16.5. The van der Waals surface area contributed by atoms with Crippen molar-refractivity contribution in [2.45, 2.75) is 130 Å². The number of hydrogen-bond donors (Lipinski definition) is 3. The van der Waals surface area contributed by atoms with E-state index in [0.29, 0.717) is 6.42 Å². The molecule has 11 heteroatoms. The number of ketones is 2. The lowest BCUT2D eigenvalue weighted by Crippen LogP contribution is -2.62. The molecule has 4 aliphatic rings. The fourth-order valence-electron chi connectivity index (χ4n) is 8.92. The Balaban J connectivity index is 1.48. The Kier molecular flexibility index (Phi) is 9.99. The highest BCUT2D eigenvalue weighted by Gasteiger charge is 2.68. The van der Waals surface area contributed by atoms with Crippen molar-refractivity contribution in [2.75, 3.05) is 6.61 Å². The van der Waals surface area contributed by atoms with Crippen LogP contribution in [0, 0.1) is 34.5 Å². The summed E-state index contributed by atoms with van der Waals surface area (Å²) in [5.74, 6) is -2.43. The van der Waals surface area contributed by atoms with Crippen LogP contribution >= 0.6 is 0 Å². The van der Waals surface area contributed by atoms with Crippen molar-refractivity contribution in [1.82, 2.24) is 5.32 Å². The Morgan fingerprint density at radius 3 is 2.32 bits per heavy atom. The molecule has 1 amide bonds. The average molecular weight is 660 g/mol. The van der Waals surface area contributed by atoms with E-state index in [0.717, 1.165) is 12.0 Å². The van der Waals surface area contributed by atoms with Crippen LogP contribution in [0.2, 0.25) is 0 Å². The molecule has 0 heterocycles. The van der Waals surface area contributed by atoms with Crippen LogP contribution in [0.15, 0.2) is 23.8 Å². The van der Waals surface area contributed by atoms with Gasteiger partial charge in [0.15, 0.2) is 12.4 Å². The molecule has 3 fully saturated rings. The summed E-state index contributed by atoms with van der Waals surface area (Å²) in [5, 5.41) is 26.2. The van der Waals surface area contributed by atoms with E-state index in [-0.39, 0.29) is 55.1 Å². The van der Waals surface area contributed by atoms with Gasteiger partial charge in [-0.25, -0.2) is 9.59 Å². The summed E-state index contributed by atoms with van der Waals surface area (Å²) in [6.07, 6.45) is 4.70. The van der Waals surface area contributed by atoms with Gasteiger partial charge in [0.1, 0.15) is 22.8 Å². The number of carbonyl (C=O) groups excluding carboxylic acids is 5. The maximum Gasteiger partial charge on any atom is 0.408 e. The van der Waals surface area contributed by atoms with Crippen LogP contribution in [0.1, 0.15) is 101 Å². The highest BCUT2D eigenvalue weighted by Crippen LogP contribution is 2.67. The summed E-state index contributed by atoms with van der Waals surface area (Å²) in [5.41, 5.74) is -3.91. The first-order valence-corrected chi connectivity index (χ1v) is 16.8. The van der Waals surface area contributed by atoms with E-state index in [1.54, 1.807) is 53.7 Å². The lowest BCUT2D eigenvalue weighted by molar-refractivity contribution is -0.183. The molecule has 0 aromatic heterocycles. The van der Waals surface area contributed by atoms with E-state index < -0.39 is 70.2 Å². The fourth-order valence-corrected chi connectivity index (χ4v) is 8.92. The number of nitrogens with one attached hydrogen (secondary N) is 1. The average Bonchev–Trinajstić information content (AvgIpc) is 3.19. The van der Waals surface area contributed by atoms with Gasteiger partial charge in [-0.05, 0) is 104 Å². The van der Waals surface area contributed by atoms with Crippen LogP contribution in [0.4, 0.5) is 4.79 Å². The molecule has 3 saturated carbocycles. The zero-order chi connectivity index (χ0) is 35.3. The van der Waals surface area contributed by atoms with E-state index in [1.165, 1.54) is 0 Å². The van der Waals surface area contributed by atoms with Crippen LogP contribution in [-0.2, 0) is 33.4 Å². The Labute approximate surface area is 277 Å². The standard InChI is InChI=1S/C36H53NO10/c1-20-16-22-23-13-15-36(44,35(23,9)18-26(39)29(22)34(8)14-12-21(38)17-24(20)34)27(40)19-45-30(42)25(37-31(43)47-33(5,6)7)10-11-28(41)46-32(2,3)4/h12,14,17,20,22-23,25-26,29,39,44H,10-11,13,15-16,18-19H2,1-9H3,(H,37,43)/t20-,22+,23-,25-,26-,29-,34-,35-,36-/m0/s1. The Bertz CT molecular complexity index is 1350. The number of aliphatic hydroxyl groups excluding tert-OH is 1. The van der Waals surface area contributed by atoms with Crippen molar-refractivity contribution in [3.05, 3.63) is 23.8 Å². The van der Waals surface area contributed by atoms with Gasteiger partial charge in [-0.1, -0.05) is 32.4 Å². The molecule has 0 aromatic carbocycles. The van der Waals surface area contributed by atoms with Gasteiger partial charge in [0.2, 0.25) is 5.78 Å². The molecule has 0 aliphatic heterocycles. The molecule has 0 aromatic rings. The van der Waals surface area contributed by atoms with E-state index >= 15 is 0 Å². The number of carbonyl (C=O) groups is 5. The number of allylic oxidation sites excluding steroid dienone is 4. The first-order valence-electron chi connectivity index (χ1n) is 16.8. The van der Waals surface area contributed by atoms with Crippen molar-refractivity contribution in [2.24, 2.45) is 34.5 Å². The smallest absolute Gasteiger partial charge is 0.408 e. The van der Waals surface area contributed by atoms with Gasteiger partial charge in [0.05, 0.1) is 6.10 Å². The van der Waals surface area contributed by atoms with Crippen LogP contribution in [-0.4, -0.2) is 75.4 Å². The molecule has 3 N–H and O–H groups in total. The fraction of sp³-hybridized carbons (Fsp3) is 0.750. The Morgan fingerprint density at radius 2 is 1.70 bits per heavy atom. The summed E-state index contributed by atoms with van der Waals surface area (Å²) >= 11 is 0. The minimum atomic E-state index is -1.85. The highest BCUT2D eigenvalue weighted by molar-refractivity contribution is 6.01. The lowest BCUT2D eigenvalue weighted by Gasteiger charge is -2.60. The third kappa shape index (κ3) is 7.36. The largest absolute Gasteiger partial charge is 0.460 e. The second kappa shape index (κ2) is 12.8. The van der Waals surface area contributed by atoms with Crippen molar-refractivity contribution >= 4 is 29.6 Å². The third-order valence-corrected chi connectivity index (χ3v) is 10.8. The predicted molar refractivity (Wildman–Crippen MR) is 172 cm³/mol. The molecule has 9 atom stereocenters. The summed E-state index contributed by atoms with van der Waals surface area (Å²) in [4.78, 5) is 64.2. The third-order valence-electron chi connectivity index (χ3n) is 10.8. The molecule has 47 heavy (non-hydrogen) atoms. The highest BCUT2D eigenvalue weighted by atomic mass is 16.6. The molecule has 4 aliphatic carbocycles. The van der Waals surface area contributed by atoms with Gasteiger partial charge in [0.25, 0.3) is 0 Å². The predicted octanol–water partition coefficient (Wildman–Crippen LogP) is 4.37. The topological polar surface area (TPSA) is 166 Å². The minimum absolute atomic E-state index is 0.00149. The van der Waals surface area contributed by atoms with E-state index in [4.69, 9.17) is 14.2 Å². The zero-order valence-corrected chi connectivity index (χ0v) is 29.3. The van der Waals surface area contributed by atoms with E-state index in [2.05, 4.69) is 19.2 Å². The van der Waals surface area contributed by atoms with Crippen molar-refractivity contribution in [3.63, 3.8) is 0 Å². The lowest BCUT2D eigenvalue weighted by atomic mass is 9.45. The summed E-state index contributed by atoms with van der Waals surface area (Å²) in [7, 11) is 0. The first-order chi connectivity index (χ1) is 21.5. The van der Waals surface area contributed by atoms with Gasteiger partial charge < -0.3 is 29.7 Å². The van der Waals surface area contributed by atoms with Gasteiger partial charge in [-0.3, -0.25) is 14.4 Å². The maximum absolute atomic E-state index is 13.8. The van der Waals surface area contributed by atoms with Crippen LogP contribution in [0.25, 0.3) is 0 Å². The van der Waals surface area contributed by atoms with Gasteiger partial charge in [-0.15, -0.1) is 0 Å². The first kappa shape index (κ1) is 36.8. The molecule has 11 nitrogen and oxygen atoms in total. The van der Waals surface area contributed by atoms with E-state index in [1.807, 2.05) is 13.0 Å². The van der Waals surface area contributed by atoms with Gasteiger partial charge in [0, 0.05) is 23.2 Å². The molecular formula is C36H53NO10. The monoisotopic (exact) mass is 659 g/mol. The SMILES string of the molecule is C[C@H]1C[C@H]2[C@@H]([C@@H](O)C[C@@]3(C)[C@H]2CC[C@]3(O)C(=O)COC(=O)[C@H](CCC(=O)OC(C)(C)C)NC(=O)OC(C)(C)C)[C@@]2(C)C=CC(=O)C=C12. The molecule has 262 valence electrons. The number of rotatable bonds is 8. The molecule has 4 rings (SSSR count). The Morgan fingerprint density at radius 1 is 1.06 bits per heavy atom. The number of aliphatic hydroxyl groups is 2. The number of fused-ring (bicyclic) bond motifs is 5. The number of amides is 1. The quantitative estimate of drug-likeness (QED) is 0.252. The number of hydrogen-bond acceptors (Lipinski definition) is 10. The number of Topliss-reactive ketones (excluding diaryl/α,β-unsaturated/α-hetero) is 1. The van der Waals surface area contributed by atoms with Crippen LogP contribution < -0.4 is 5.32 Å². The van der Waals surface area contributed by atoms with Crippen molar-refractivity contribution in [3.8, 4) is 0 Å². The molecular weight excluding hydrogens is 606 g/mol. The van der Waals surface area contributed by atoms with Gasteiger partial charge in [-0.2, -0.15) is 0 Å². The number of ether oxygens (including phenoxy) is 3. The molecule has 0 bridgehead atoms. The maximum atomic E-state index is 13.8. The summed E-state index contributed by atoms with van der Waals surface area (Å²) in [6.45, 7) is 15.4. The minimum Gasteiger partial charge on any atom is -0.460 e. The summed E-state index contributed by atoms with van der Waals surface area (Å²) < 4.78 is 16.0. The molecule has 0 saturated heterocycles. The van der Waals surface area contributed by atoms with Crippen molar-refractivity contribution in [1.29, 1.82) is 0 Å². The molecule has 0 unspecified atom stereocenters. The van der Waals surface area contributed by atoms with Gasteiger partial charge >= 0.3 is 18.0 Å². The molecule has 0 spiro atoms.